The van der Waals surface area contributed by atoms with Gasteiger partial charge in [0.15, 0.2) is 5.78 Å². The van der Waals surface area contributed by atoms with Crippen molar-refractivity contribution in [2.45, 2.75) is 38.8 Å². The van der Waals surface area contributed by atoms with Crippen molar-refractivity contribution in [2.75, 3.05) is 12.8 Å². The summed E-state index contributed by atoms with van der Waals surface area (Å²) in [4.78, 5) is 28.1. The maximum absolute atomic E-state index is 15.3. The third-order valence-electron chi connectivity index (χ3n) is 4.37. The number of nitrogens with zero attached hydrogens (tertiary/aromatic N) is 1. The molecule has 1 heterocycles. The van der Waals surface area contributed by atoms with E-state index in [-0.39, 0.29) is 40.4 Å². The number of ketones is 1. The van der Waals surface area contributed by atoms with Gasteiger partial charge in [-0.05, 0) is 31.5 Å². The molecular weight excluding hydrogens is 385 g/mol. The molecular formula is C20H23ClFN3O3. The standard InChI is InChI=1S/C20H23ClFN3O3/c1-4-15(25-11(2)9-17(26)28-3)13-6-7-14(21)18(19(13)22)20(27)12-5-8-16(23)24-10-12/h5-8,10-11,15,25H,4,9H2,1-3H3,(H2,23,24). The van der Waals surface area contributed by atoms with Crippen LogP contribution in [0.1, 0.15) is 54.2 Å². The summed E-state index contributed by atoms with van der Waals surface area (Å²) in [7, 11) is 1.31. The van der Waals surface area contributed by atoms with E-state index in [0.717, 1.165) is 0 Å². The Kier molecular flexibility index (Phi) is 7.48. The van der Waals surface area contributed by atoms with Gasteiger partial charge in [0, 0.05) is 29.4 Å². The van der Waals surface area contributed by atoms with Crippen LogP contribution >= 0.6 is 11.6 Å². The van der Waals surface area contributed by atoms with Gasteiger partial charge in [-0.3, -0.25) is 9.59 Å². The Morgan fingerprint density at radius 1 is 1.32 bits per heavy atom. The summed E-state index contributed by atoms with van der Waals surface area (Å²) >= 11 is 6.13. The van der Waals surface area contributed by atoms with Gasteiger partial charge in [0.05, 0.1) is 24.1 Å². The number of halogens is 2. The number of nitrogen functional groups attached to an aromatic ring is 1. The van der Waals surface area contributed by atoms with Gasteiger partial charge in [0.25, 0.3) is 0 Å². The minimum atomic E-state index is -0.695. The van der Waals surface area contributed by atoms with E-state index < -0.39 is 17.6 Å². The lowest BCUT2D eigenvalue weighted by atomic mass is 9.96. The SMILES string of the molecule is CCC(NC(C)CC(=O)OC)c1ccc(Cl)c(C(=O)c2ccc(N)nc2)c1F. The molecule has 0 saturated heterocycles. The van der Waals surface area contributed by atoms with E-state index in [1.54, 1.807) is 13.0 Å². The van der Waals surface area contributed by atoms with Crippen molar-refractivity contribution in [1.82, 2.24) is 10.3 Å². The van der Waals surface area contributed by atoms with Crippen LogP contribution in [0.25, 0.3) is 0 Å². The maximum Gasteiger partial charge on any atom is 0.307 e. The molecule has 0 saturated carbocycles. The van der Waals surface area contributed by atoms with Gasteiger partial charge < -0.3 is 15.8 Å². The molecule has 0 fully saturated rings. The average Bonchev–Trinajstić information content (AvgIpc) is 2.67. The number of nitrogens with two attached hydrogens (primary N) is 1. The van der Waals surface area contributed by atoms with E-state index >= 15 is 4.39 Å². The Bertz CT molecular complexity index is 859. The van der Waals surface area contributed by atoms with Crippen LogP contribution in [0.5, 0.6) is 0 Å². The molecule has 0 aliphatic carbocycles. The van der Waals surface area contributed by atoms with Gasteiger partial charge in [-0.25, -0.2) is 9.37 Å². The van der Waals surface area contributed by atoms with Gasteiger partial charge in [-0.1, -0.05) is 24.6 Å². The zero-order chi connectivity index (χ0) is 20.8. The first kappa shape index (κ1) is 21.8. The molecule has 0 radical (unpaired) electrons. The third-order valence-corrected chi connectivity index (χ3v) is 4.68. The third kappa shape index (κ3) is 5.05. The van der Waals surface area contributed by atoms with Crippen LogP contribution in [-0.4, -0.2) is 29.9 Å². The summed E-state index contributed by atoms with van der Waals surface area (Å²) in [5.74, 6) is -1.38. The Balaban J connectivity index is 2.35. The van der Waals surface area contributed by atoms with Crippen LogP contribution in [-0.2, 0) is 9.53 Å². The fourth-order valence-corrected chi connectivity index (χ4v) is 3.12. The molecule has 2 atom stereocenters. The fraction of sp³-hybridized carbons (Fsp3) is 0.350. The number of nitrogens with one attached hydrogen (secondary N) is 1. The highest BCUT2D eigenvalue weighted by Crippen LogP contribution is 2.30. The van der Waals surface area contributed by atoms with Crippen LogP contribution in [0.2, 0.25) is 5.02 Å². The normalized spacial score (nSPS) is 13.0. The Morgan fingerprint density at radius 2 is 2.04 bits per heavy atom. The van der Waals surface area contributed by atoms with E-state index in [9.17, 15) is 9.59 Å². The van der Waals surface area contributed by atoms with Crippen molar-refractivity contribution in [3.63, 3.8) is 0 Å². The fourth-order valence-electron chi connectivity index (χ4n) is 2.89. The molecule has 28 heavy (non-hydrogen) atoms. The van der Waals surface area contributed by atoms with Crippen LogP contribution in [0.4, 0.5) is 10.2 Å². The van der Waals surface area contributed by atoms with Crippen molar-refractivity contribution < 1.29 is 18.7 Å². The molecule has 0 amide bonds. The maximum atomic E-state index is 15.3. The van der Waals surface area contributed by atoms with Crippen molar-refractivity contribution in [3.05, 3.63) is 58.0 Å². The number of anilines is 1. The molecule has 1 aromatic carbocycles. The minimum Gasteiger partial charge on any atom is -0.469 e. The molecule has 0 bridgehead atoms. The van der Waals surface area contributed by atoms with Crippen molar-refractivity contribution in [3.8, 4) is 0 Å². The highest BCUT2D eigenvalue weighted by atomic mass is 35.5. The molecule has 8 heteroatoms. The number of methoxy groups -OCH3 is 1. The van der Waals surface area contributed by atoms with Crippen molar-refractivity contribution >= 4 is 29.2 Å². The summed E-state index contributed by atoms with van der Waals surface area (Å²) in [6.45, 7) is 3.68. The number of hydrogen-bond acceptors (Lipinski definition) is 6. The first-order valence-electron chi connectivity index (χ1n) is 8.85. The highest BCUT2D eigenvalue weighted by Gasteiger charge is 2.25. The van der Waals surface area contributed by atoms with Crippen molar-refractivity contribution in [1.29, 1.82) is 0 Å². The van der Waals surface area contributed by atoms with Gasteiger partial charge in [-0.15, -0.1) is 0 Å². The number of carbonyl (C=O) groups is 2. The number of esters is 1. The summed E-state index contributed by atoms with van der Waals surface area (Å²) in [6.07, 6.45) is 1.97. The molecule has 0 spiro atoms. The molecule has 150 valence electrons. The van der Waals surface area contributed by atoms with E-state index in [2.05, 4.69) is 15.0 Å². The number of benzene rings is 1. The average molecular weight is 408 g/mol. The summed E-state index contributed by atoms with van der Waals surface area (Å²) in [5, 5.41) is 3.21. The number of carbonyl (C=O) groups excluding carboxylic acids is 2. The molecule has 1 aromatic heterocycles. The molecule has 6 nitrogen and oxygen atoms in total. The van der Waals surface area contributed by atoms with E-state index in [4.69, 9.17) is 17.3 Å². The Hall–Kier alpha value is -2.51. The zero-order valence-electron chi connectivity index (χ0n) is 16.0. The quantitative estimate of drug-likeness (QED) is 0.512. The zero-order valence-corrected chi connectivity index (χ0v) is 16.7. The number of rotatable bonds is 8. The van der Waals surface area contributed by atoms with E-state index in [0.29, 0.717) is 12.0 Å². The molecule has 0 aliphatic heterocycles. The van der Waals surface area contributed by atoms with Gasteiger partial charge in [0.2, 0.25) is 0 Å². The topological polar surface area (TPSA) is 94.3 Å². The molecule has 2 aromatic rings. The lowest BCUT2D eigenvalue weighted by Gasteiger charge is -2.23. The highest BCUT2D eigenvalue weighted by molar-refractivity contribution is 6.35. The van der Waals surface area contributed by atoms with Crippen LogP contribution in [0, 0.1) is 5.82 Å². The Morgan fingerprint density at radius 3 is 2.61 bits per heavy atom. The predicted octanol–water partition coefficient (Wildman–Crippen LogP) is 3.68. The Labute approximate surface area is 168 Å². The second-order valence-electron chi connectivity index (χ2n) is 6.44. The lowest BCUT2D eigenvalue weighted by molar-refractivity contribution is -0.141. The molecule has 2 unspecified atom stereocenters. The first-order chi connectivity index (χ1) is 13.3. The van der Waals surface area contributed by atoms with E-state index in [1.165, 1.54) is 31.5 Å². The summed E-state index contributed by atoms with van der Waals surface area (Å²) < 4.78 is 19.9. The van der Waals surface area contributed by atoms with Crippen LogP contribution in [0.15, 0.2) is 30.5 Å². The first-order valence-corrected chi connectivity index (χ1v) is 9.23. The molecule has 3 N–H and O–H groups in total. The monoisotopic (exact) mass is 407 g/mol. The van der Waals surface area contributed by atoms with Crippen LogP contribution < -0.4 is 11.1 Å². The smallest absolute Gasteiger partial charge is 0.307 e. The van der Waals surface area contributed by atoms with E-state index in [1.807, 2.05) is 6.92 Å². The second-order valence-corrected chi connectivity index (χ2v) is 6.84. The van der Waals surface area contributed by atoms with Gasteiger partial charge in [-0.2, -0.15) is 0 Å². The van der Waals surface area contributed by atoms with Crippen LogP contribution in [0.3, 0.4) is 0 Å². The summed E-state index contributed by atoms with van der Waals surface area (Å²) in [6, 6.07) is 5.32. The number of hydrogen-bond donors (Lipinski definition) is 2. The molecule has 2 rings (SSSR count). The number of aromatic nitrogens is 1. The van der Waals surface area contributed by atoms with Gasteiger partial charge in [0.1, 0.15) is 11.6 Å². The van der Waals surface area contributed by atoms with Gasteiger partial charge >= 0.3 is 5.97 Å². The largest absolute Gasteiger partial charge is 0.469 e. The summed E-state index contributed by atoms with van der Waals surface area (Å²) in [5.41, 5.74) is 5.81. The molecule has 0 aliphatic rings. The minimum absolute atomic E-state index is 0.0144. The predicted molar refractivity (Wildman–Crippen MR) is 106 cm³/mol. The number of pyridine rings is 1. The second kappa shape index (κ2) is 9.61. The van der Waals surface area contributed by atoms with Crippen molar-refractivity contribution in [2.24, 2.45) is 0 Å². The number of ether oxygens (including phenoxy) is 1. The lowest BCUT2D eigenvalue weighted by Crippen LogP contribution is -2.33.